The Morgan fingerprint density at radius 2 is 1.74 bits per heavy atom. The maximum Gasteiger partial charge on any atom is 0.231 e. The normalized spacial score (nSPS) is 22.9. The Bertz CT molecular complexity index is 1150. The number of piperazine rings is 1. The highest BCUT2D eigenvalue weighted by Gasteiger charge is 2.36. The van der Waals surface area contributed by atoms with Crippen LogP contribution in [0.3, 0.4) is 0 Å². The van der Waals surface area contributed by atoms with Gasteiger partial charge in [-0.05, 0) is 42.9 Å². The van der Waals surface area contributed by atoms with E-state index in [0.717, 1.165) is 42.9 Å². The zero-order valence-electron chi connectivity index (χ0n) is 22.1. The SMILES string of the molecule is CC(=O)N1CCC(NC[C@@H](C(=O)N2CCN(c3ncnc4c3[C@H](C)C[C@H]4F)CC2)c2ccc(Cl)cc2)CC1. The summed E-state index contributed by atoms with van der Waals surface area (Å²) < 4.78 is 14.4. The van der Waals surface area contributed by atoms with E-state index in [0.29, 0.717) is 49.9 Å². The van der Waals surface area contributed by atoms with Gasteiger partial charge in [0.05, 0.1) is 11.6 Å². The summed E-state index contributed by atoms with van der Waals surface area (Å²) in [5, 5.41) is 4.24. The number of nitrogens with zero attached hydrogens (tertiary/aromatic N) is 5. The summed E-state index contributed by atoms with van der Waals surface area (Å²) in [4.78, 5) is 40.2. The third-order valence-corrected chi connectivity index (χ3v) is 8.51. The zero-order valence-corrected chi connectivity index (χ0v) is 22.8. The molecule has 1 aromatic carbocycles. The molecule has 2 fully saturated rings. The fraction of sp³-hybridized carbons (Fsp3) is 0.571. The van der Waals surface area contributed by atoms with Crippen LogP contribution in [0.15, 0.2) is 30.6 Å². The van der Waals surface area contributed by atoms with E-state index in [1.165, 1.54) is 6.33 Å². The molecule has 2 aliphatic heterocycles. The van der Waals surface area contributed by atoms with Gasteiger partial charge in [0.25, 0.3) is 0 Å². The van der Waals surface area contributed by atoms with Crippen molar-refractivity contribution in [2.24, 2.45) is 0 Å². The van der Waals surface area contributed by atoms with Crippen molar-refractivity contribution in [2.75, 3.05) is 50.7 Å². The second-order valence-corrected chi connectivity index (χ2v) is 11.1. The highest BCUT2D eigenvalue weighted by atomic mass is 35.5. The predicted molar refractivity (Wildman–Crippen MR) is 145 cm³/mol. The highest BCUT2D eigenvalue weighted by Crippen LogP contribution is 2.44. The first-order valence-electron chi connectivity index (χ1n) is 13.6. The quantitative estimate of drug-likeness (QED) is 0.600. The number of halogens is 2. The minimum atomic E-state index is -1.04. The van der Waals surface area contributed by atoms with E-state index in [1.807, 2.05) is 41.0 Å². The Balaban J connectivity index is 1.25. The number of piperidine rings is 1. The van der Waals surface area contributed by atoms with Crippen molar-refractivity contribution in [3.8, 4) is 0 Å². The van der Waals surface area contributed by atoms with Crippen LogP contribution >= 0.6 is 11.6 Å². The molecule has 3 atom stereocenters. The summed E-state index contributed by atoms with van der Waals surface area (Å²) in [5.41, 5.74) is 2.37. The number of carbonyl (C=O) groups excluding carboxylic acids is 2. The molecule has 2 aromatic rings. The number of likely N-dealkylation sites (tertiary alicyclic amines) is 1. The number of alkyl halides is 1. The molecule has 10 heteroatoms. The standard InChI is InChI=1S/C28H36ClFN6O2/c1-18-15-24(30)26-25(18)27(33-17-32-26)35-11-13-36(14-12-35)28(38)23(20-3-5-21(29)6-4-20)16-31-22-7-9-34(10-8-22)19(2)37/h3-6,17-18,22-24,31H,7-16H2,1-2H3/t18-,23-,24-/m1/s1. The number of aromatic nitrogens is 2. The van der Waals surface area contributed by atoms with E-state index in [9.17, 15) is 14.0 Å². The van der Waals surface area contributed by atoms with Gasteiger partial charge in [0, 0.05) is 69.4 Å². The topological polar surface area (TPSA) is 81.7 Å². The minimum Gasteiger partial charge on any atom is -0.353 e. The Kier molecular flexibility index (Phi) is 8.14. The van der Waals surface area contributed by atoms with Crippen molar-refractivity contribution >= 4 is 29.2 Å². The third-order valence-electron chi connectivity index (χ3n) is 8.26. The highest BCUT2D eigenvalue weighted by molar-refractivity contribution is 6.30. The van der Waals surface area contributed by atoms with Crippen molar-refractivity contribution in [2.45, 2.75) is 57.2 Å². The number of anilines is 1. The average molecular weight is 543 g/mol. The summed E-state index contributed by atoms with van der Waals surface area (Å²) in [6, 6.07) is 7.79. The van der Waals surface area contributed by atoms with Gasteiger partial charge in [-0.3, -0.25) is 9.59 Å². The summed E-state index contributed by atoms with van der Waals surface area (Å²) in [6.07, 6.45) is 2.62. The van der Waals surface area contributed by atoms with Crippen LogP contribution in [0.1, 0.15) is 67.9 Å². The van der Waals surface area contributed by atoms with Crippen LogP contribution in [0.2, 0.25) is 5.02 Å². The van der Waals surface area contributed by atoms with Crippen molar-refractivity contribution in [3.63, 3.8) is 0 Å². The number of rotatable bonds is 6. The Morgan fingerprint density at radius 1 is 1.05 bits per heavy atom. The molecule has 0 unspecified atom stereocenters. The largest absolute Gasteiger partial charge is 0.353 e. The van der Waals surface area contributed by atoms with Gasteiger partial charge in [-0.25, -0.2) is 14.4 Å². The molecule has 0 spiro atoms. The number of nitrogens with one attached hydrogen (secondary N) is 1. The molecule has 8 nitrogen and oxygen atoms in total. The van der Waals surface area contributed by atoms with Crippen molar-refractivity contribution < 1.29 is 14.0 Å². The van der Waals surface area contributed by atoms with Gasteiger partial charge in [0.15, 0.2) is 0 Å². The summed E-state index contributed by atoms with van der Waals surface area (Å²) >= 11 is 6.13. The third kappa shape index (κ3) is 5.64. The van der Waals surface area contributed by atoms with Gasteiger partial charge in [-0.2, -0.15) is 0 Å². The second-order valence-electron chi connectivity index (χ2n) is 10.7. The van der Waals surface area contributed by atoms with Crippen molar-refractivity contribution in [3.05, 3.63) is 52.4 Å². The van der Waals surface area contributed by atoms with Crippen molar-refractivity contribution in [1.29, 1.82) is 0 Å². The molecular formula is C28H36ClFN6O2. The van der Waals surface area contributed by atoms with Gasteiger partial charge < -0.3 is 20.0 Å². The van der Waals surface area contributed by atoms with Crippen LogP contribution in [0.5, 0.6) is 0 Å². The van der Waals surface area contributed by atoms with Crippen LogP contribution < -0.4 is 10.2 Å². The van der Waals surface area contributed by atoms with E-state index in [1.54, 1.807) is 6.92 Å². The molecule has 0 saturated carbocycles. The van der Waals surface area contributed by atoms with E-state index >= 15 is 0 Å². The minimum absolute atomic E-state index is 0.0820. The maximum absolute atomic E-state index is 14.4. The molecule has 3 aliphatic rings. The Morgan fingerprint density at radius 3 is 2.39 bits per heavy atom. The first kappa shape index (κ1) is 26.8. The molecule has 0 bridgehead atoms. The van der Waals surface area contributed by atoms with E-state index in [-0.39, 0.29) is 29.7 Å². The lowest BCUT2D eigenvalue weighted by Crippen LogP contribution is -2.52. The molecule has 204 valence electrons. The number of benzene rings is 1. The number of carbonyl (C=O) groups is 2. The number of amides is 2. The van der Waals surface area contributed by atoms with Crippen molar-refractivity contribution in [1.82, 2.24) is 25.1 Å². The molecule has 2 saturated heterocycles. The van der Waals surface area contributed by atoms with Gasteiger partial charge in [-0.15, -0.1) is 0 Å². The van der Waals surface area contributed by atoms with Gasteiger partial charge >= 0.3 is 0 Å². The van der Waals surface area contributed by atoms with E-state index in [2.05, 4.69) is 20.2 Å². The molecule has 1 aromatic heterocycles. The molecule has 0 radical (unpaired) electrons. The average Bonchev–Trinajstić information content (AvgIpc) is 3.23. The van der Waals surface area contributed by atoms with E-state index < -0.39 is 6.17 Å². The summed E-state index contributed by atoms with van der Waals surface area (Å²) in [7, 11) is 0. The lowest BCUT2D eigenvalue weighted by atomic mass is 9.95. The van der Waals surface area contributed by atoms with Crippen LogP contribution in [-0.2, 0) is 9.59 Å². The molecular weight excluding hydrogens is 507 g/mol. The van der Waals surface area contributed by atoms with E-state index in [4.69, 9.17) is 11.6 Å². The first-order chi connectivity index (χ1) is 18.3. The molecule has 1 aliphatic carbocycles. The van der Waals surface area contributed by atoms with Crippen LogP contribution in [0.25, 0.3) is 0 Å². The molecule has 38 heavy (non-hydrogen) atoms. The lowest BCUT2D eigenvalue weighted by molar-refractivity contribution is -0.133. The van der Waals surface area contributed by atoms with Gasteiger partial charge in [0.1, 0.15) is 18.3 Å². The number of fused-ring (bicyclic) bond motifs is 1. The van der Waals surface area contributed by atoms with Gasteiger partial charge in [0.2, 0.25) is 11.8 Å². The molecule has 3 heterocycles. The summed E-state index contributed by atoms with van der Waals surface area (Å²) in [5.74, 6) is 0.759. The maximum atomic E-state index is 14.4. The van der Waals surface area contributed by atoms with Crippen LogP contribution in [0, 0.1) is 0 Å². The lowest BCUT2D eigenvalue weighted by Gasteiger charge is -2.38. The number of hydrogen-bond acceptors (Lipinski definition) is 6. The molecule has 5 rings (SSSR count). The number of hydrogen-bond donors (Lipinski definition) is 1. The fourth-order valence-corrected chi connectivity index (χ4v) is 6.12. The first-order valence-corrected chi connectivity index (χ1v) is 14.0. The van der Waals surface area contributed by atoms with Crippen LogP contribution in [-0.4, -0.2) is 83.4 Å². The molecule has 1 N–H and O–H groups in total. The zero-order chi connectivity index (χ0) is 26.8. The Hall–Kier alpha value is -2.78. The smallest absolute Gasteiger partial charge is 0.231 e. The Labute approximate surface area is 228 Å². The second kappa shape index (κ2) is 11.5. The van der Waals surface area contributed by atoms with Crippen LogP contribution in [0.4, 0.5) is 10.2 Å². The monoisotopic (exact) mass is 542 g/mol. The summed E-state index contributed by atoms with van der Waals surface area (Å²) in [6.45, 7) is 8.08. The van der Waals surface area contributed by atoms with Gasteiger partial charge in [-0.1, -0.05) is 30.7 Å². The fourth-order valence-electron chi connectivity index (χ4n) is 6.00. The molecule has 2 amide bonds. The predicted octanol–water partition coefficient (Wildman–Crippen LogP) is 3.68.